The summed E-state index contributed by atoms with van der Waals surface area (Å²) in [5, 5.41) is 21.8. The molecule has 0 radical (unpaired) electrons. The van der Waals surface area contributed by atoms with Crippen molar-refractivity contribution < 1.29 is 28.4 Å². The molecule has 30 heavy (non-hydrogen) atoms. The molecule has 0 saturated heterocycles. The average molecular weight is 416 g/mol. The first-order valence-electron chi connectivity index (χ1n) is 9.23. The van der Waals surface area contributed by atoms with Crippen molar-refractivity contribution >= 4 is 24.6 Å². The number of halogens is 2. The second kappa shape index (κ2) is 10.1. The van der Waals surface area contributed by atoms with Crippen molar-refractivity contribution in [2.75, 3.05) is 11.4 Å². The SMILES string of the molecule is C=CC(=O)N(CC(=O)NC(Cc1ccc(C)cc1C)B(O)O)c1cccc(F)c1F. The Hall–Kier alpha value is -3.04. The molecule has 0 aromatic heterocycles. The number of hydrogen-bond acceptors (Lipinski definition) is 4. The number of anilines is 1. The number of carbonyl (C=O) groups is 2. The van der Waals surface area contributed by atoms with Crippen molar-refractivity contribution in [3.8, 4) is 0 Å². The van der Waals surface area contributed by atoms with E-state index in [0.29, 0.717) is 0 Å². The molecule has 0 bridgehead atoms. The van der Waals surface area contributed by atoms with Crippen LogP contribution < -0.4 is 10.2 Å². The van der Waals surface area contributed by atoms with Crippen LogP contribution in [0.15, 0.2) is 49.1 Å². The van der Waals surface area contributed by atoms with E-state index >= 15 is 0 Å². The van der Waals surface area contributed by atoms with Gasteiger partial charge in [-0.3, -0.25) is 14.5 Å². The second-order valence-electron chi connectivity index (χ2n) is 6.92. The molecule has 1 atom stereocenters. The zero-order valence-electron chi connectivity index (χ0n) is 16.7. The largest absolute Gasteiger partial charge is 0.475 e. The summed E-state index contributed by atoms with van der Waals surface area (Å²) in [5.41, 5.74) is 2.33. The maximum absolute atomic E-state index is 14.1. The smallest absolute Gasteiger partial charge is 0.426 e. The van der Waals surface area contributed by atoms with Gasteiger partial charge in [0.25, 0.3) is 5.91 Å². The molecule has 6 nitrogen and oxygen atoms in total. The highest BCUT2D eigenvalue weighted by Gasteiger charge is 2.28. The number of benzene rings is 2. The van der Waals surface area contributed by atoms with E-state index in [1.165, 1.54) is 6.07 Å². The van der Waals surface area contributed by atoms with Gasteiger partial charge in [0.15, 0.2) is 11.6 Å². The Labute approximate surface area is 174 Å². The van der Waals surface area contributed by atoms with Crippen LogP contribution >= 0.6 is 0 Å². The molecule has 2 aromatic rings. The minimum absolute atomic E-state index is 0.124. The molecule has 2 aromatic carbocycles. The molecule has 9 heteroatoms. The topological polar surface area (TPSA) is 89.9 Å². The lowest BCUT2D eigenvalue weighted by atomic mass is 9.75. The van der Waals surface area contributed by atoms with E-state index in [1.807, 2.05) is 32.0 Å². The Morgan fingerprint density at radius 2 is 1.93 bits per heavy atom. The molecule has 0 aliphatic rings. The van der Waals surface area contributed by atoms with Crippen LogP contribution in [-0.4, -0.2) is 41.5 Å². The Balaban J connectivity index is 2.20. The molecule has 0 aliphatic carbocycles. The lowest BCUT2D eigenvalue weighted by Crippen LogP contribution is -2.51. The highest BCUT2D eigenvalue weighted by molar-refractivity contribution is 6.43. The summed E-state index contributed by atoms with van der Waals surface area (Å²) in [4.78, 5) is 25.4. The van der Waals surface area contributed by atoms with Crippen molar-refractivity contribution in [2.45, 2.75) is 26.2 Å². The summed E-state index contributed by atoms with van der Waals surface area (Å²) < 4.78 is 27.7. The highest BCUT2D eigenvalue weighted by Crippen LogP contribution is 2.22. The summed E-state index contributed by atoms with van der Waals surface area (Å²) in [6.07, 6.45) is 0.991. The number of nitrogens with one attached hydrogen (secondary N) is 1. The van der Waals surface area contributed by atoms with Gasteiger partial charge in [0.2, 0.25) is 5.91 Å². The number of rotatable bonds is 8. The lowest BCUT2D eigenvalue weighted by molar-refractivity contribution is -0.122. The van der Waals surface area contributed by atoms with Crippen LogP contribution in [0.1, 0.15) is 16.7 Å². The monoisotopic (exact) mass is 416 g/mol. The molecule has 0 heterocycles. The fraction of sp³-hybridized carbons (Fsp3) is 0.238. The molecule has 2 rings (SSSR count). The Bertz CT molecular complexity index is 953. The predicted octanol–water partition coefficient (Wildman–Crippen LogP) is 1.84. The van der Waals surface area contributed by atoms with Gasteiger partial charge in [-0.2, -0.15) is 0 Å². The number of hydrogen-bond donors (Lipinski definition) is 3. The summed E-state index contributed by atoms with van der Waals surface area (Å²) in [5.74, 6) is -5.12. The first-order chi connectivity index (χ1) is 14.1. The van der Waals surface area contributed by atoms with Crippen LogP contribution in [0.5, 0.6) is 0 Å². The van der Waals surface area contributed by atoms with Crippen molar-refractivity contribution in [3.63, 3.8) is 0 Å². The fourth-order valence-corrected chi connectivity index (χ4v) is 3.03. The summed E-state index contributed by atoms with van der Waals surface area (Å²) in [6, 6.07) is 8.85. The molecule has 1 unspecified atom stereocenters. The van der Waals surface area contributed by atoms with Crippen molar-refractivity contribution in [2.24, 2.45) is 0 Å². The molecule has 2 amide bonds. The maximum Gasteiger partial charge on any atom is 0.475 e. The van der Waals surface area contributed by atoms with Crippen molar-refractivity contribution in [3.05, 3.63) is 77.4 Å². The Kier molecular flexibility index (Phi) is 7.85. The van der Waals surface area contributed by atoms with E-state index in [9.17, 15) is 28.4 Å². The zero-order valence-corrected chi connectivity index (χ0v) is 16.7. The summed E-state index contributed by atoms with van der Waals surface area (Å²) in [6.45, 7) is 6.43. The number of nitrogens with zero attached hydrogens (tertiary/aromatic N) is 1. The van der Waals surface area contributed by atoms with Gasteiger partial charge < -0.3 is 15.4 Å². The number of aryl methyl sites for hydroxylation is 2. The zero-order chi connectivity index (χ0) is 22.4. The van der Waals surface area contributed by atoms with Crippen LogP contribution in [0.2, 0.25) is 0 Å². The second-order valence-corrected chi connectivity index (χ2v) is 6.92. The quantitative estimate of drug-likeness (QED) is 0.453. The third kappa shape index (κ3) is 5.74. The number of amides is 2. The minimum Gasteiger partial charge on any atom is -0.426 e. The Morgan fingerprint density at radius 1 is 1.23 bits per heavy atom. The third-order valence-corrected chi connectivity index (χ3v) is 4.61. The molecule has 0 saturated carbocycles. The Morgan fingerprint density at radius 3 is 2.53 bits per heavy atom. The van der Waals surface area contributed by atoms with Gasteiger partial charge in [0, 0.05) is 0 Å². The normalized spacial score (nSPS) is 11.5. The summed E-state index contributed by atoms with van der Waals surface area (Å²) in [7, 11) is -1.87. The fourth-order valence-electron chi connectivity index (χ4n) is 3.03. The van der Waals surface area contributed by atoms with Crippen molar-refractivity contribution in [1.82, 2.24) is 5.32 Å². The van der Waals surface area contributed by atoms with Gasteiger partial charge >= 0.3 is 7.12 Å². The van der Waals surface area contributed by atoms with Gasteiger partial charge in [0.1, 0.15) is 6.54 Å². The average Bonchev–Trinajstić information content (AvgIpc) is 2.69. The predicted molar refractivity (Wildman–Crippen MR) is 111 cm³/mol. The summed E-state index contributed by atoms with van der Waals surface area (Å²) >= 11 is 0. The van der Waals surface area contributed by atoms with E-state index in [4.69, 9.17) is 0 Å². The van der Waals surface area contributed by atoms with Crippen LogP contribution in [0.25, 0.3) is 0 Å². The van der Waals surface area contributed by atoms with Gasteiger partial charge in [-0.25, -0.2) is 8.78 Å². The van der Waals surface area contributed by atoms with Gasteiger partial charge in [-0.1, -0.05) is 36.4 Å². The van der Waals surface area contributed by atoms with Gasteiger partial charge in [-0.15, -0.1) is 0 Å². The molecular formula is C21H23BF2N2O4. The minimum atomic E-state index is -1.87. The van der Waals surface area contributed by atoms with E-state index in [1.54, 1.807) is 0 Å². The van der Waals surface area contributed by atoms with Crippen LogP contribution in [-0.2, 0) is 16.0 Å². The maximum atomic E-state index is 14.1. The highest BCUT2D eigenvalue weighted by atomic mass is 19.2. The first-order valence-corrected chi connectivity index (χ1v) is 9.23. The molecule has 3 N–H and O–H groups in total. The van der Waals surface area contributed by atoms with Gasteiger partial charge in [0.05, 0.1) is 11.6 Å². The van der Waals surface area contributed by atoms with E-state index in [-0.39, 0.29) is 6.42 Å². The van der Waals surface area contributed by atoms with E-state index < -0.39 is 48.7 Å². The first kappa shape index (κ1) is 23.2. The molecule has 0 aliphatic heterocycles. The van der Waals surface area contributed by atoms with Crippen LogP contribution in [0.4, 0.5) is 14.5 Å². The molecular weight excluding hydrogens is 393 g/mol. The molecule has 158 valence electrons. The molecule has 0 spiro atoms. The van der Waals surface area contributed by atoms with Crippen molar-refractivity contribution in [1.29, 1.82) is 0 Å². The van der Waals surface area contributed by atoms with Crippen LogP contribution in [0.3, 0.4) is 0 Å². The van der Waals surface area contributed by atoms with E-state index in [0.717, 1.165) is 39.8 Å². The lowest BCUT2D eigenvalue weighted by Gasteiger charge is -2.24. The molecule has 0 fully saturated rings. The van der Waals surface area contributed by atoms with E-state index in [2.05, 4.69) is 11.9 Å². The van der Waals surface area contributed by atoms with Gasteiger partial charge in [-0.05, 0) is 49.6 Å². The van der Waals surface area contributed by atoms with Crippen LogP contribution in [0, 0.1) is 25.5 Å². The standard InChI is InChI=1S/C21H23BF2N2O4/c1-4-20(28)26(17-7-5-6-16(23)21(17)24)12-19(27)25-18(22(29)30)11-15-9-8-13(2)10-14(15)3/h4-10,18,29-30H,1,11-12H2,2-3H3,(H,25,27). The third-order valence-electron chi connectivity index (χ3n) is 4.61. The number of carbonyl (C=O) groups excluding carboxylic acids is 2.